The summed E-state index contributed by atoms with van der Waals surface area (Å²) in [6, 6.07) is 4.50. The Morgan fingerprint density at radius 1 is 1.50 bits per heavy atom. The fourth-order valence-electron chi connectivity index (χ4n) is 1.62. The Kier molecular flexibility index (Phi) is 5.15. The molecule has 0 spiro atoms. The van der Waals surface area contributed by atoms with E-state index in [9.17, 15) is 9.18 Å². The first-order valence-corrected chi connectivity index (χ1v) is 6.60. The van der Waals surface area contributed by atoms with Gasteiger partial charge in [-0.25, -0.2) is 4.39 Å². The highest BCUT2D eigenvalue weighted by Crippen LogP contribution is 2.17. The van der Waals surface area contributed by atoms with Gasteiger partial charge < -0.3 is 5.32 Å². The van der Waals surface area contributed by atoms with E-state index in [2.05, 4.69) is 5.32 Å². The third-order valence-electron chi connectivity index (χ3n) is 3.28. The highest BCUT2D eigenvalue weighted by atomic mass is 35.5. The maximum absolute atomic E-state index is 13.4. The van der Waals surface area contributed by atoms with E-state index in [0.29, 0.717) is 23.4 Å². The quantitative estimate of drug-likeness (QED) is 0.814. The van der Waals surface area contributed by atoms with Crippen molar-refractivity contribution in [3.63, 3.8) is 0 Å². The van der Waals surface area contributed by atoms with Gasteiger partial charge in [0.1, 0.15) is 5.82 Å². The normalized spacial score (nSPS) is 14.1. The highest BCUT2D eigenvalue weighted by Gasteiger charge is 2.24. The molecule has 0 radical (unpaired) electrons. The summed E-state index contributed by atoms with van der Waals surface area (Å²) in [7, 11) is 0. The second kappa shape index (κ2) is 6.19. The van der Waals surface area contributed by atoms with E-state index in [1.807, 2.05) is 13.8 Å². The minimum atomic E-state index is -0.363. The molecule has 1 aromatic rings. The Labute approximate surface area is 113 Å². The SMILES string of the molecule is CCC(C)(CCCl)NC(=O)c1ccc(C)c(F)c1. The van der Waals surface area contributed by atoms with Crippen LogP contribution < -0.4 is 5.32 Å². The molecular weight excluding hydrogens is 253 g/mol. The van der Waals surface area contributed by atoms with Crippen molar-refractivity contribution in [2.75, 3.05) is 5.88 Å². The summed E-state index contributed by atoms with van der Waals surface area (Å²) in [5.41, 5.74) is 0.526. The molecule has 2 nitrogen and oxygen atoms in total. The lowest BCUT2D eigenvalue weighted by atomic mass is 9.95. The Bertz CT molecular complexity index is 436. The molecule has 0 aliphatic carbocycles. The first kappa shape index (κ1) is 15.0. The molecule has 1 atom stereocenters. The van der Waals surface area contributed by atoms with Gasteiger partial charge in [-0.15, -0.1) is 11.6 Å². The number of nitrogens with one attached hydrogen (secondary N) is 1. The molecule has 0 saturated carbocycles. The zero-order chi connectivity index (χ0) is 13.8. The number of halogens is 2. The van der Waals surface area contributed by atoms with Gasteiger partial charge in [0, 0.05) is 17.0 Å². The number of hydrogen-bond donors (Lipinski definition) is 1. The molecule has 0 aliphatic heterocycles. The Morgan fingerprint density at radius 3 is 2.67 bits per heavy atom. The third kappa shape index (κ3) is 3.70. The Morgan fingerprint density at radius 2 is 2.17 bits per heavy atom. The third-order valence-corrected chi connectivity index (χ3v) is 3.46. The number of hydrogen-bond acceptors (Lipinski definition) is 1. The first-order valence-electron chi connectivity index (χ1n) is 6.06. The van der Waals surface area contributed by atoms with Crippen LogP contribution in [-0.4, -0.2) is 17.3 Å². The van der Waals surface area contributed by atoms with Crippen molar-refractivity contribution in [1.29, 1.82) is 0 Å². The first-order chi connectivity index (χ1) is 8.41. The summed E-state index contributed by atoms with van der Waals surface area (Å²) < 4.78 is 13.4. The van der Waals surface area contributed by atoms with Crippen molar-refractivity contribution in [1.82, 2.24) is 5.32 Å². The van der Waals surface area contributed by atoms with Crippen LogP contribution in [0.15, 0.2) is 18.2 Å². The van der Waals surface area contributed by atoms with Gasteiger partial charge in [0.05, 0.1) is 0 Å². The Balaban J connectivity index is 2.84. The minimum absolute atomic E-state index is 0.261. The number of carbonyl (C=O) groups is 1. The van der Waals surface area contributed by atoms with Crippen LogP contribution in [0.3, 0.4) is 0 Å². The van der Waals surface area contributed by atoms with E-state index in [1.165, 1.54) is 6.07 Å². The summed E-state index contributed by atoms with van der Waals surface area (Å²) in [4.78, 5) is 12.0. The van der Waals surface area contributed by atoms with Crippen LogP contribution in [0.1, 0.15) is 42.6 Å². The standard InChI is InChI=1S/C14H19ClFNO/c1-4-14(3,7-8-15)17-13(18)11-6-5-10(2)12(16)9-11/h5-6,9H,4,7-8H2,1-3H3,(H,17,18). The molecule has 0 fully saturated rings. The van der Waals surface area contributed by atoms with Crippen LogP contribution in [0, 0.1) is 12.7 Å². The van der Waals surface area contributed by atoms with E-state index in [-0.39, 0.29) is 17.3 Å². The second-order valence-electron chi connectivity index (χ2n) is 4.77. The number of carbonyl (C=O) groups excluding carboxylic acids is 1. The molecule has 1 unspecified atom stereocenters. The van der Waals surface area contributed by atoms with Gasteiger partial charge in [-0.2, -0.15) is 0 Å². The van der Waals surface area contributed by atoms with E-state index in [0.717, 1.165) is 6.42 Å². The predicted octanol–water partition coefficient (Wildman–Crippen LogP) is 3.66. The molecule has 1 amide bonds. The van der Waals surface area contributed by atoms with Crippen LogP contribution >= 0.6 is 11.6 Å². The van der Waals surface area contributed by atoms with E-state index >= 15 is 0 Å². The van der Waals surface area contributed by atoms with Gasteiger partial charge in [-0.1, -0.05) is 13.0 Å². The summed E-state index contributed by atoms with van der Waals surface area (Å²) >= 11 is 5.73. The molecule has 0 aliphatic rings. The maximum Gasteiger partial charge on any atom is 0.251 e. The van der Waals surface area contributed by atoms with Crippen molar-refractivity contribution < 1.29 is 9.18 Å². The molecule has 0 aromatic heterocycles. The van der Waals surface area contributed by atoms with Crippen molar-refractivity contribution in [3.05, 3.63) is 35.1 Å². The van der Waals surface area contributed by atoms with Gasteiger partial charge in [-0.3, -0.25) is 4.79 Å². The number of alkyl halides is 1. The smallest absolute Gasteiger partial charge is 0.251 e. The lowest BCUT2D eigenvalue weighted by molar-refractivity contribution is 0.0901. The molecule has 0 saturated heterocycles. The topological polar surface area (TPSA) is 29.1 Å². The van der Waals surface area contributed by atoms with E-state index < -0.39 is 0 Å². The molecule has 0 heterocycles. The molecule has 1 rings (SSSR count). The van der Waals surface area contributed by atoms with Gasteiger partial charge >= 0.3 is 0 Å². The van der Waals surface area contributed by atoms with Crippen LogP contribution in [0.5, 0.6) is 0 Å². The molecule has 1 aromatic carbocycles. The van der Waals surface area contributed by atoms with Crippen LogP contribution in [0.4, 0.5) is 4.39 Å². The lowest BCUT2D eigenvalue weighted by Gasteiger charge is -2.29. The van der Waals surface area contributed by atoms with Gasteiger partial charge in [-0.05, 0) is 44.4 Å². The lowest BCUT2D eigenvalue weighted by Crippen LogP contribution is -2.45. The Hall–Kier alpha value is -1.09. The molecule has 100 valence electrons. The molecule has 18 heavy (non-hydrogen) atoms. The zero-order valence-corrected chi connectivity index (χ0v) is 11.8. The number of aryl methyl sites for hydroxylation is 1. The van der Waals surface area contributed by atoms with E-state index in [4.69, 9.17) is 11.6 Å². The van der Waals surface area contributed by atoms with Crippen LogP contribution in [-0.2, 0) is 0 Å². The zero-order valence-electron chi connectivity index (χ0n) is 11.0. The average molecular weight is 272 g/mol. The van der Waals surface area contributed by atoms with E-state index in [1.54, 1.807) is 19.1 Å². The van der Waals surface area contributed by atoms with Gasteiger partial charge in [0.25, 0.3) is 5.91 Å². The fourth-order valence-corrected chi connectivity index (χ4v) is 2.03. The van der Waals surface area contributed by atoms with Crippen molar-refractivity contribution in [2.24, 2.45) is 0 Å². The fraction of sp³-hybridized carbons (Fsp3) is 0.500. The van der Waals surface area contributed by atoms with Gasteiger partial charge in [0.2, 0.25) is 0 Å². The predicted molar refractivity (Wildman–Crippen MR) is 72.6 cm³/mol. The van der Waals surface area contributed by atoms with Crippen molar-refractivity contribution >= 4 is 17.5 Å². The van der Waals surface area contributed by atoms with Gasteiger partial charge in [0.15, 0.2) is 0 Å². The maximum atomic E-state index is 13.4. The molecule has 0 bridgehead atoms. The average Bonchev–Trinajstić information content (AvgIpc) is 2.32. The largest absolute Gasteiger partial charge is 0.347 e. The highest BCUT2D eigenvalue weighted by molar-refractivity contribution is 6.17. The summed E-state index contributed by atoms with van der Waals surface area (Å²) in [6.07, 6.45) is 1.46. The minimum Gasteiger partial charge on any atom is -0.347 e. The molecule has 4 heteroatoms. The van der Waals surface area contributed by atoms with Crippen LogP contribution in [0.2, 0.25) is 0 Å². The van der Waals surface area contributed by atoms with Crippen LogP contribution in [0.25, 0.3) is 0 Å². The second-order valence-corrected chi connectivity index (χ2v) is 5.15. The van der Waals surface area contributed by atoms with Crippen molar-refractivity contribution in [3.8, 4) is 0 Å². The molecule has 1 N–H and O–H groups in total. The molecular formula is C14H19ClFNO. The monoisotopic (exact) mass is 271 g/mol. The number of rotatable bonds is 5. The summed E-state index contributed by atoms with van der Waals surface area (Å²) in [5.74, 6) is -0.145. The van der Waals surface area contributed by atoms with Crippen molar-refractivity contribution in [2.45, 2.75) is 39.2 Å². The summed E-state index contributed by atoms with van der Waals surface area (Å²) in [6.45, 7) is 5.60. The number of benzene rings is 1. The number of amides is 1. The summed E-state index contributed by atoms with van der Waals surface area (Å²) in [5, 5.41) is 2.92.